The van der Waals surface area contributed by atoms with E-state index in [1.165, 1.54) is 12.4 Å². The second-order valence-corrected chi connectivity index (χ2v) is 3.01. The van der Waals surface area contributed by atoms with Crippen molar-refractivity contribution in [3.63, 3.8) is 0 Å². The first-order chi connectivity index (χ1) is 6.72. The summed E-state index contributed by atoms with van der Waals surface area (Å²) in [6.45, 7) is 1.34. The topological polar surface area (TPSA) is 62.0 Å². The van der Waals surface area contributed by atoms with Crippen LogP contribution in [0.25, 0.3) is 0 Å². The maximum atomic E-state index is 8.56. The van der Waals surface area contributed by atoms with Crippen molar-refractivity contribution < 1.29 is 4.74 Å². The van der Waals surface area contributed by atoms with Crippen LogP contribution in [0.3, 0.4) is 0 Å². The van der Waals surface area contributed by atoms with Gasteiger partial charge in [-0.1, -0.05) is 0 Å². The molecule has 1 aromatic rings. The Morgan fingerprint density at radius 2 is 2.29 bits per heavy atom. The van der Waals surface area contributed by atoms with Crippen LogP contribution in [0, 0.1) is 11.3 Å². The van der Waals surface area contributed by atoms with E-state index >= 15 is 0 Å². The van der Waals surface area contributed by atoms with Crippen molar-refractivity contribution in [2.45, 2.75) is 0 Å². The van der Waals surface area contributed by atoms with Gasteiger partial charge in [-0.15, -0.1) is 0 Å². The molecule has 1 heterocycles. The Labute approximate surface area is 83.0 Å². The third-order valence-corrected chi connectivity index (χ3v) is 1.52. The number of aromatic nitrogens is 2. The molecular weight excluding hydrogens is 180 g/mol. The van der Waals surface area contributed by atoms with E-state index in [-0.39, 0.29) is 5.69 Å². The number of hydrogen-bond acceptors (Lipinski definition) is 5. The lowest BCUT2D eigenvalue weighted by molar-refractivity contribution is 0.253. The standard InChI is InChI=1S/C9H12N4O/c1-13(2)3-4-14-9-7-11-6-8(5-10)12-9/h6-7H,3-4H2,1-2H3. The molecule has 0 radical (unpaired) electrons. The van der Waals surface area contributed by atoms with Gasteiger partial charge < -0.3 is 9.64 Å². The van der Waals surface area contributed by atoms with E-state index in [0.29, 0.717) is 12.5 Å². The Morgan fingerprint density at radius 3 is 2.93 bits per heavy atom. The van der Waals surface area contributed by atoms with Gasteiger partial charge in [-0.05, 0) is 14.1 Å². The molecule has 0 N–H and O–H groups in total. The minimum Gasteiger partial charge on any atom is -0.475 e. The largest absolute Gasteiger partial charge is 0.475 e. The second kappa shape index (κ2) is 5.14. The molecule has 0 fully saturated rings. The normalized spacial score (nSPS) is 9.86. The third kappa shape index (κ3) is 3.37. The second-order valence-electron chi connectivity index (χ2n) is 3.01. The summed E-state index contributed by atoms with van der Waals surface area (Å²) in [4.78, 5) is 9.75. The number of hydrogen-bond donors (Lipinski definition) is 0. The van der Waals surface area contributed by atoms with Crippen LogP contribution in [-0.2, 0) is 0 Å². The van der Waals surface area contributed by atoms with Crippen molar-refractivity contribution >= 4 is 0 Å². The molecule has 0 saturated carbocycles. The molecule has 5 heteroatoms. The molecular formula is C9H12N4O. The highest BCUT2D eigenvalue weighted by molar-refractivity contribution is 5.19. The van der Waals surface area contributed by atoms with Gasteiger partial charge in [0.25, 0.3) is 0 Å². The van der Waals surface area contributed by atoms with Crippen molar-refractivity contribution in [2.75, 3.05) is 27.2 Å². The molecule has 74 valence electrons. The van der Waals surface area contributed by atoms with Gasteiger partial charge >= 0.3 is 0 Å². The predicted molar refractivity (Wildman–Crippen MR) is 50.8 cm³/mol. The van der Waals surface area contributed by atoms with Gasteiger partial charge in [0.05, 0.1) is 12.4 Å². The van der Waals surface area contributed by atoms with Crippen LogP contribution in [0.5, 0.6) is 5.88 Å². The summed E-state index contributed by atoms with van der Waals surface area (Å²) < 4.78 is 5.29. The molecule has 0 unspecified atom stereocenters. The van der Waals surface area contributed by atoms with Gasteiger partial charge in [-0.3, -0.25) is 4.98 Å². The molecule has 0 aliphatic carbocycles. The maximum Gasteiger partial charge on any atom is 0.233 e. The molecule has 0 amide bonds. The minimum absolute atomic E-state index is 0.271. The fraction of sp³-hybridized carbons (Fsp3) is 0.444. The molecule has 0 atom stereocenters. The van der Waals surface area contributed by atoms with Crippen molar-refractivity contribution in [1.82, 2.24) is 14.9 Å². The van der Waals surface area contributed by atoms with E-state index in [4.69, 9.17) is 10.00 Å². The lowest BCUT2D eigenvalue weighted by atomic mass is 10.5. The van der Waals surface area contributed by atoms with Crippen LogP contribution in [0.4, 0.5) is 0 Å². The van der Waals surface area contributed by atoms with Crippen LogP contribution < -0.4 is 4.74 Å². The average Bonchev–Trinajstić information content (AvgIpc) is 2.18. The summed E-state index contributed by atoms with van der Waals surface area (Å²) in [6, 6.07) is 1.90. The number of nitriles is 1. The van der Waals surface area contributed by atoms with Crippen molar-refractivity contribution in [3.05, 3.63) is 18.1 Å². The Hall–Kier alpha value is -1.67. The molecule has 0 saturated heterocycles. The molecule has 5 nitrogen and oxygen atoms in total. The van der Waals surface area contributed by atoms with E-state index in [0.717, 1.165) is 6.54 Å². The molecule has 0 aliphatic rings. The fourth-order valence-corrected chi connectivity index (χ4v) is 0.804. The van der Waals surface area contributed by atoms with Crippen LogP contribution in [-0.4, -0.2) is 42.1 Å². The Bertz CT molecular complexity index is 332. The van der Waals surface area contributed by atoms with Gasteiger partial charge in [0, 0.05) is 6.54 Å². The van der Waals surface area contributed by atoms with Crippen LogP contribution in [0.2, 0.25) is 0 Å². The van der Waals surface area contributed by atoms with E-state index in [1.54, 1.807) is 0 Å². The van der Waals surface area contributed by atoms with Gasteiger partial charge in [0.1, 0.15) is 12.7 Å². The molecule has 14 heavy (non-hydrogen) atoms. The van der Waals surface area contributed by atoms with Gasteiger partial charge in [0.2, 0.25) is 5.88 Å². The quantitative estimate of drug-likeness (QED) is 0.686. The highest BCUT2D eigenvalue weighted by atomic mass is 16.5. The summed E-state index contributed by atoms with van der Waals surface area (Å²) in [5.41, 5.74) is 0.271. The molecule has 0 aliphatic heterocycles. The Balaban J connectivity index is 2.47. The Kier molecular flexibility index (Phi) is 3.83. The summed E-state index contributed by atoms with van der Waals surface area (Å²) in [6.07, 6.45) is 2.90. The number of likely N-dealkylation sites (N-methyl/N-ethyl adjacent to an activating group) is 1. The van der Waals surface area contributed by atoms with Gasteiger partial charge in [0.15, 0.2) is 5.69 Å². The zero-order valence-corrected chi connectivity index (χ0v) is 8.27. The number of ether oxygens (including phenoxy) is 1. The van der Waals surface area contributed by atoms with Gasteiger partial charge in [-0.25, -0.2) is 0 Å². The zero-order valence-electron chi connectivity index (χ0n) is 8.27. The highest BCUT2D eigenvalue weighted by Crippen LogP contribution is 2.03. The smallest absolute Gasteiger partial charge is 0.233 e. The summed E-state index contributed by atoms with van der Waals surface area (Å²) in [7, 11) is 3.92. The van der Waals surface area contributed by atoms with Crippen LogP contribution in [0.1, 0.15) is 5.69 Å². The van der Waals surface area contributed by atoms with Gasteiger partial charge in [-0.2, -0.15) is 10.2 Å². The number of nitrogens with zero attached hydrogens (tertiary/aromatic N) is 4. The SMILES string of the molecule is CN(C)CCOc1cncc(C#N)n1. The average molecular weight is 192 g/mol. The van der Waals surface area contributed by atoms with Crippen molar-refractivity contribution in [1.29, 1.82) is 5.26 Å². The fourth-order valence-electron chi connectivity index (χ4n) is 0.804. The zero-order chi connectivity index (χ0) is 10.4. The summed E-state index contributed by atoms with van der Waals surface area (Å²) >= 11 is 0. The van der Waals surface area contributed by atoms with E-state index in [9.17, 15) is 0 Å². The molecule has 0 spiro atoms. The summed E-state index contributed by atoms with van der Waals surface area (Å²) in [5.74, 6) is 0.394. The first kappa shape index (κ1) is 10.4. The van der Waals surface area contributed by atoms with E-state index in [2.05, 4.69) is 9.97 Å². The predicted octanol–water partition coefficient (Wildman–Crippen LogP) is 0.289. The molecule has 1 aromatic heterocycles. The molecule has 0 bridgehead atoms. The van der Waals surface area contributed by atoms with Crippen molar-refractivity contribution in [3.8, 4) is 11.9 Å². The lowest BCUT2D eigenvalue weighted by Gasteiger charge is -2.09. The maximum absolute atomic E-state index is 8.56. The minimum atomic E-state index is 0.271. The van der Waals surface area contributed by atoms with E-state index < -0.39 is 0 Å². The Morgan fingerprint density at radius 1 is 1.50 bits per heavy atom. The molecule has 0 aromatic carbocycles. The molecule has 1 rings (SSSR count). The monoisotopic (exact) mass is 192 g/mol. The highest BCUT2D eigenvalue weighted by Gasteiger charge is 1.98. The van der Waals surface area contributed by atoms with Crippen molar-refractivity contribution in [2.24, 2.45) is 0 Å². The van der Waals surface area contributed by atoms with Crippen LogP contribution >= 0.6 is 0 Å². The summed E-state index contributed by atoms with van der Waals surface area (Å²) in [5, 5.41) is 8.56. The number of rotatable bonds is 4. The third-order valence-electron chi connectivity index (χ3n) is 1.52. The first-order valence-electron chi connectivity index (χ1n) is 4.22. The van der Waals surface area contributed by atoms with Crippen LogP contribution in [0.15, 0.2) is 12.4 Å². The lowest BCUT2D eigenvalue weighted by Crippen LogP contribution is -2.19. The first-order valence-corrected chi connectivity index (χ1v) is 4.22. The van der Waals surface area contributed by atoms with E-state index in [1.807, 2.05) is 25.1 Å².